The third kappa shape index (κ3) is 3.87. The van der Waals surface area contributed by atoms with Gasteiger partial charge in [-0.3, -0.25) is 5.43 Å². The van der Waals surface area contributed by atoms with E-state index in [9.17, 15) is 0 Å². The molecular weight excluding hydrogens is 322 g/mol. The van der Waals surface area contributed by atoms with Crippen LogP contribution in [-0.2, 0) is 0 Å². The first-order valence-corrected chi connectivity index (χ1v) is 6.81. The van der Waals surface area contributed by atoms with Crippen LogP contribution >= 0.6 is 28.1 Å². The van der Waals surface area contributed by atoms with Crippen LogP contribution < -0.4 is 11.2 Å². The molecule has 2 rings (SSSR count). The fourth-order valence-corrected chi connectivity index (χ4v) is 1.92. The van der Waals surface area contributed by atoms with Crippen molar-refractivity contribution in [1.82, 2.24) is 5.43 Å². The van der Waals surface area contributed by atoms with E-state index in [4.69, 9.17) is 18.0 Å². The van der Waals surface area contributed by atoms with Crippen LogP contribution in [0.5, 0.6) is 0 Å². The van der Waals surface area contributed by atoms with Crippen molar-refractivity contribution in [3.63, 3.8) is 0 Å². The van der Waals surface area contributed by atoms with Crippen molar-refractivity contribution in [3.8, 4) is 0 Å². The molecule has 0 bridgehead atoms. The van der Waals surface area contributed by atoms with Gasteiger partial charge in [-0.15, -0.1) is 0 Å². The van der Waals surface area contributed by atoms with Crippen LogP contribution in [0.2, 0.25) is 0 Å². The molecule has 3 nitrogen and oxygen atoms in total. The smallest absolute Gasteiger partial charge is 0.184 e. The van der Waals surface area contributed by atoms with Gasteiger partial charge in [0.2, 0.25) is 0 Å². The molecule has 0 saturated carbocycles. The van der Waals surface area contributed by atoms with E-state index in [0.717, 1.165) is 21.3 Å². The monoisotopic (exact) mass is 333 g/mol. The Morgan fingerprint density at radius 2 is 1.58 bits per heavy atom. The molecule has 2 aromatic rings. The van der Waals surface area contributed by atoms with Gasteiger partial charge in [0, 0.05) is 15.6 Å². The average Bonchev–Trinajstić information content (AvgIpc) is 2.42. The molecule has 3 N–H and O–H groups in total. The first-order valence-electron chi connectivity index (χ1n) is 5.61. The van der Waals surface area contributed by atoms with Gasteiger partial charge in [-0.1, -0.05) is 58.4 Å². The number of hydrogen-bond acceptors (Lipinski definition) is 2. The van der Waals surface area contributed by atoms with E-state index in [1.807, 2.05) is 54.6 Å². The Morgan fingerprint density at radius 1 is 1.00 bits per heavy atom. The van der Waals surface area contributed by atoms with Crippen LogP contribution in [0.4, 0.5) is 0 Å². The first-order chi connectivity index (χ1) is 9.16. The Labute approximate surface area is 125 Å². The predicted octanol–water partition coefficient (Wildman–Crippen LogP) is 3.03. The quantitative estimate of drug-likeness (QED) is 0.515. The molecule has 0 atom stereocenters. The summed E-state index contributed by atoms with van der Waals surface area (Å²) in [6.45, 7) is 0. The first kappa shape index (κ1) is 13.7. The largest absolute Gasteiger partial charge is 0.375 e. The lowest BCUT2D eigenvalue weighted by Crippen LogP contribution is -2.26. The van der Waals surface area contributed by atoms with Crippen molar-refractivity contribution in [1.29, 1.82) is 0 Å². The fraction of sp³-hybridized carbons (Fsp3) is 0. The van der Waals surface area contributed by atoms with Gasteiger partial charge in [0.15, 0.2) is 5.11 Å². The molecule has 0 aliphatic carbocycles. The zero-order valence-corrected chi connectivity index (χ0v) is 12.4. The fourth-order valence-electron chi connectivity index (χ4n) is 1.61. The van der Waals surface area contributed by atoms with Crippen molar-refractivity contribution in [2.75, 3.05) is 0 Å². The Kier molecular flexibility index (Phi) is 4.65. The van der Waals surface area contributed by atoms with E-state index in [1.54, 1.807) is 0 Å². The summed E-state index contributed by atoms with van der Waals surface area (Å²) in [7, 11) is 0. The number of benzene rings is 2. The highest BCUT2D eigenvalue weighted by atomic mass is 79.9. The molecule has 0 amide bonds. The standard InChI is InChI=1S/C14H12BrN3S/c15-12-8-6-11(7-9-12)13(17-18-14(16)19)10-4-2-1-3-5-10/h1-9H,(H3,16,18,19)/b17-13-. The van der Waals surface area contributed by atoms with Gasteiger partial charge in [0.05, 0.1) is 5.71 Å². The van der Waals surface area contributed by atoms with Crippen molar-refractivity contribution in [3.05, 3.63) is 70.2 Å². The number of nitrogens with zero attached hydrogens (tertiary/aromatic N) is 1. The van der Waals surface area contributed by atoms with Gasteiger partial charge < -0.3 is 5.73 Å². The molecule has 0 saturated heterocycles. The molecule has 96 valence electrons. The maximum Gasteiger partial charge on any atom is 0.184 e. The van der Waals surface area contributed by atoms with Crippen molar-refractivity contribution >= 4 is 39.0 Å². The second-order valence-electron chi connectivity index (χ2n) is 3.81. The summed E-state index contributed by atoms with van der Waals surface area (Å²) in [4.78, 5) is 0. The van der Waals surface area contributed by atoms with Crippen LogP contribution in [0.25, 0.3) is 0 Å². The second-order valence-corrected chi connectivity index (χ2v) is 5.16. The highest BCUT2D eigenvalue weighted by Crippen LogP contribution is 2.15. The zero-order chi connectivity index (χ0) is 13.7. The maximum atomic E-state index is 5.43. The van der Waals surface area contributed by atoms with Crippen LogP contribution in [-0.4, -0.2) is 10.8 Å². The summed E-state index contributed by atoms with van der Waals surface area (Å²) in [6.07, 6.45) is 0. The van der Waals surface area contributed by atoms with E-state index >= 15 is 0 Å². The van der Waals surface area contributed by atoms with Gasteiger partial charge >= 0.3 is 0 Å². The lowest BCUT2D eigenvalue weighted by Gasteiger charge is -2.08. The summed E-state index contributed by atoms with van der Waals surface area (Å²) in [5, 5.41) is 4.42. The molecule has 0 radical (unpaired) electrons. The normalized spacial score (nSPS) is 11.1. The molecule has 5 heteroatoms. The lowest BCUT2D eigenvalue weighted by molar-refractivity contribution is 1.03. The third-order valence-electron chi connectivity index (χ3n) is 2.44. The summed E-state index contributed by atoms with van der Waals surface area (Å²) >= 11 is 8.20. The van der Waals surface area contributed by atoms with Gasteiger partial charge in [0.25, 0.3) is 0 Å². The summed E-state index contributed by atoms with van der Waals surface area (Å²) in [6, 6.07) is 17.8. The molecule has 0 unspecified atom stereocenters. The predicted molar refractivity (Wildman–Crippen MR) is 86.1 cm³/mol. The van der Waals surface area contributed by atoms with E-state index in [0.29, 0.717) is 0 Å². The van der Waals surface area contributed by atoms with Gasteiger partial charge in [-0.2, -0.15) is 5.10 Å². The highest BCUT2D eigenvalue weighted by molar-refractivity contribution is 9.10. The number of halogens is 1. The Hall–Kier alpha value is -1.72. The zero-order valence-electron chi connectivity index (χ0n) is 10.0. The number of hydrazone groups is 1. The van der Waals surface area contributed by atoms with Crippen molar-refractivity contribution in [2.24, 2.45) is 10.8 Å². The SMILES string of the molecule is NC(=S)N/N=C(/c1ccccc1)c1ccc(Br)cc1. The molecule has 2 aromatic carbocycles. The van der Waals surface area contributed by atoms with Gasteiger partial charge in [-0.25, -0.2) is 0 Å². The maximum absolute atomic E-state index is 5.43. The summed E-state index contributed by atoms with van der Waals surface area (Å²) < 4.78 is 1.02. The number of rotatable bonds is 3. The van der Waals surface area contributed by atoms with Crippen LogP contribution in [0.15, 0.2) is 64.2 Å². The van der Waals surface area contributed by atoms with Crippen molar-refractivity contribution in [2.45, 2.75) is 0 Å². The number of hydrogen-bond donors (Lipinski definition) is 2. The average molecular weight is 334 g/mol. The minimum atomic E-state index is 0.144. The lowest BCUT2D eigenvalue weighted by atomic mass is 10.0. The van der Waals surface area contributed by atoms with Crippen molar-refractivity contribution < 1.29 is 0 Å². The highest BCUT2D eigenvalue weighted by Gasteiger charge is 2.06. The Morgan fingerprint density at radius 3 is 2.16 bits per heavy atom. The summed E-state index contributed by atoms with van der Waals surface area (Å²) in [5.74, 6) is 0. The molecule has 0 aromatic heterocycles. The second kappa shape index (κ2) is 6.45. The minimum Gasteiger partial charge on any atom is -0.375 e. The molecule has 0 heterocycles. The third-order valence-corrected chi connectivity index (χ3v) is 3.06. The topological polar surface area (TPSA) is 50.4 Å². The van der Waals surface area contributed by atoms with E-state index < -0.39 is 0 Å². The van der Waals surface area contributed by atoms with E-state index in [2.05, 4.69) is 26.5 Å². The number of nitrogens with one attached hydrogen (secondary N) is 1. The number of thiocarbonyl (C=S) groups is 1. The molecule has 0 spiro atoms. The minimum absolute atomic E-state index is 0.144. The van der Waals surface area contributed by atoms with Gasteiger partial charge in [0.1, 0.15) is 0 Å². The van der Waals surface area contributed by atoms with Crippen LogP contribution in [0.1, 0.15) is 11.1 Å². The molecule has 0 aliphatic heterocycles. The Bertz CT molecular complexity index is 594. The summed E-state index contributed by atoms with van der Waals surface area (Å²) in [5.41, 5.74) is 10.8. The Balaban J connectivity index is 2.43. The molecule has 0 fully saturated rings. The van der Waals surface area contributed by atoms with E-state index in [1.165, 1.54) is 0 Å². The van der Waals surface area contributed by atoms with Gasteiger partial charge in [-0.05, 0) is 24.4 Å². The van der Waals surface area contributed by atoms with E-state index in [-0.39, 0.29) is 5.11 Å². The number of nitrogens with two attached hydrogens (primary N) is 1. The molecule has 0 aliphatic rings. The van der Waals surface area contributed by atoms with Crippen LogP contribution in [0.3, 0.4) is 0 Å². The molecular formula is C14H12BrN3S. The molecule has 19 heavy (non-hydrogen) atoms. The van der Waals surface area contributed by atoms with Crippen LogP contribution in [0, 0.1) is 0 Å².